The highest BCUT2D eigenvalue weighted by Crippen LogP contribution is 2.34. The van der Waals surface area contributed by atoms with Crippen molar-refractivity contribution in [3.63, 3.8) is 0 Å². The van der Waals surface area contributed by atoms with Crippen LogP contribution in [0.15, 0.2) is 24.3 Å². The van der Waals surface area contributed by atoms with Gasteiger partial charge in [-0.15, -0.1) is 0 Å². The van der Waals surface area contributed by atoms with Crippen LogP contribution in [0.25, 0.3) is 0 Å². The first-order valence-electron chi connectivity index (χ1n) is 5.80. The standard InChI is InChI=1S/C13H17NO/c15-13(12-6-3-7-14-12)8-10-4-1-2-5-11(10)9-13/h1-2,4-5,12,14-15H,3,6-9H2. The molecule has 0 aromatic heterocycles. The van der Waals surface area contributed by atoms with Crippen molar-refractivity contribution >= 4 is 0 Å². The number of hydrogen-bond acceptors (Lipinski definition) is 2. The highest BCUT2D eigenvalue weighted by atomic mass is 16.3. The van der Waals surface area contributed by atoms with Gasteiger partial charge in [0.05, 0.1) is 5.60 Å². The molecule has 1 aromatic carbocycles. The molecule has 15 heavy (non-hydrogen) atoms. The number of rotatable bonds is 1. The van der Waals surface area contributed by atoms with E-state index in [2.05, 4.69) is 29.6 Å². The van der Waals surface area contributed by atoms with Crippen LogP contribution in [0.3, 0.4) is 0 Å². The van der Waals surface area contributed by atoms with Crippen LogP contribution in [0.5, 0.6) is 0 Å². The summed E-state index contributed by atoms with van der Waals surface area (Å²) in [5, 5.41) is 14.1. The van der Waals surface area contributed by atoms with E-state index in [0.717, 1.165) is 25.8 Å². The smallest absolute Gasteiger partial charge is 0.0880 e. The molecule has 1 heterocycles. The number of aliphatic hydroxyl groups is 1. The van der Waals surface area contributed by atoms with Crippen molar-refractivity contribution in [1.29, 1.82) is 0 Å². The zero-order valence-electron chi connectivity index (χ0n) is 8.87. The summed E-state index contributed by atoms with van der Waals surface area (Å²) in [6, 6.07) is 8.70. The Balaban J connectivity index is 1.87. The van der Waals surface area contributed by atoms with Gasteiger partial charge in [-0.2, -0.15) is 0 Å². The minimum absolute atomic E-state index is 0.296. The van der Waals surface area contributed by atoms with E-state index in [4.69, 9.17) is 0 Å². The van der Waals surface area contributed by atoms with Crippen molar-refractivity contribution in [3.05, 3.63) is 35.4 Å². The molecular formula is C13H17NO. The summed E-state index contributed by atoms with van der Waals surface area (Å²) in [6.45, 7) is 1.06. The van der Waals surface area contributed by atoms with Gasteiger partial charge in [-0.05, 0) is 30.5 Å². The number of nitrogens with one attached hydrogen (secondary N) is 1. The molecule has 2 aliphatic rings. The molecular weight excluding hydrogens is 186 g/mol. The molecule has 1 saturated heterocycles. The predicted molar refractivity (Wildman–Crippen MR) is 59.8 cm³/mol. The van der Waals surface area contributed by atoms with E-state index in [1.54, 1.807) is 0 Å². The van der Waals surface area contributed by atoms with Gasteiger partial charge in [-0.3, -0.25) is 0 Å². The summed E-state index contributed by atoms with van der Waals surface area (Å²) in [6.07, 6.45) is 3.95. The molecule has 3 rings (SSSR count). The number of fused-ring (bicyclic) bond motifs is 1. The third-order valence-electron chi connectivity index (χ3n) is 3.82. The summed E-state index contributed by atoms with van der Waals surface area (Å²) < 4.78 is 0. The van der Waals surface area contributed by atoms with Crippen LogP contribution in [0.1, 0.15) is 24.0 Å². The van der Waals surface area contributed by atoms with Gasteiger partial charge in [-0.1, -0.05) is 24.3 Å². The van der Waals surface area contributed by atoms with E-state index in [1.807, 2.05) is 0 Å². The fourth-order valence-electron chi connectivity index (χ4n) is 3.01. The molecule has 0 amide bonds. The van der Waals surface area contributed by atoms with Crippen LogP contribution in [0.4, 0.5) is 0 Å². The van der Waals surface area contributed by atoms with Crippen molar-refractivity contribution in [3.8, 4) is 0 Å². The maximum absolute atomic E-state index is 10.6. The van der Waals surface area contributed by atoms with Crippen molar-refractivity contribution in [2.24, 2.45) is 0 Å². The molecule has 2 N–H and O–H groups in total. The zero-order chi connectivity index (χ0) is 10.3. The van der Waals surface area contributed by atoms with Gasteiger partial charge in [0, 0.05) is 18.9 Å². The molecule has 1 atom stereocenters. The zero-order valence-corrected chi connectivity index (χ0v) is 8.87. The van der Waals surface area contributed by atoms with Gasteiger partial charge < -0.3 is 10.4 Å². The summed E-state index contributed by atoms with van der Waals surface area (Å²) in [5.74, 6) is 0. The number of benzene rings is 1. The lowest BCUT2D eigenvalue weighted by Crippen LogP contribution is -2.48. The molecule has 0 saturated carbocycles. The molecule has 0 spiro atoms. The van der Waals surface area contributed by atoms with Crippen LogP contribution in [0.2, 0.25) is 0 Å². The molecule has 1 fully saturated rings. The monoisotopic (exact) mass is 203 g/mol. The highest BCUT2D eigenvalue weighted by Gasteiger charge is 2.42. The first-order chi connectivity index (χ1) is 7.28. The quantitative estimate of drug-likeness (QED) is 0.720. The lowest BCUT2D eigenvalue weighted by molar-refractivity contribution is 0.0177. The maximum atomic E-state index is 10.6. The van der Waals surface area contributed by atoms with Gasteiger partial charge >= 0.3 is 0 Å². The first-order valence-corrected chi connectivity index (χ1v) is 5.80. The third-order valence-corrected chi connectivity index (χ3v) is 3.82. The second-order valence-electron chi connectivity index (χ2n) is 4.87. The lowest BCUT2D eigenvalue weighted by atomic mass is 9.90. The van der Waals surface area contributed by atoms with Gasteiger partial charge in [0.15, 0.2) is 0 Å². The van der Waals surface area contributed by atoms with Gasteiger partial charge in [0.25, 0.3) is 0 Å². The second kappa shape index (κ2) is 3.32. The molecule has 1 aliphatic carbocycles. The predicted octanol–water partition coefficient (Wildman–Crippen LogP) is 1.27. The minimum Gasteiger partial charge on any atom is -0.388 e. The largest absolute Gasteiger partial charge is 0.388 e. The Labute approximate surface area is 90.3 Å². The summed E-state index contributed by atoms with van der Waals surface area (Å²) in [7, 11) is 0. The molecule has 1 aliphatic heterocycles. The van der Waals surface area contributed by atoms with Gasteiger partial charge in [0.1, 0.15) is 0 Å². The van der Waals surface area contributed by atoms with E-state index >= 15 is 0 Å². The van der Waals surface area contributed by atoms with Crippen LogP contribution in [-0.2, 0) is 12.8 Å². The fourth-order valence-corrected chi connectivity index (χ4v) is 3.01. The topological polar surface area (TPSA) is 32.3 Å². The lowest BCUT2D eigenvalue weighted by Gasteiger charge is -2.29. The van der Waals surface area contributed by atoms with Crippen molar-refractivity contribution in [1.82, 2.24) is 5.32 Å². The Morgan fingerprint density at radius 3 is 2.40 bits per heavy atom. The van der Waals surface area contributed by atoms with Crippen molar-refractivity contribution in [2.45, 2.75) is 37.3 Å². The molecule has 2 nitrogen and oxygen atoms in total. The Hall–Kier alpha value is -0.860. The first kappa shape index (κ1) is 9.37. The van der Waals surface area contributed by atoms with Crippen LogP contribution in [0, 0.1) is 0 Å². The highest BCUT2D eigenvalue weighted by molar-refractivity contribution is 5.36. The van der Waals surface area contributed by atoms with Gasteiger partial charge in [-0.25, -0.2) is 0 Å². The average Bonchev–Trinajstić information content (AvgIpc) is 2.83. The van der Waals surface area contributed by atoms with Crippen LogP contribution in [-0.4, -0.2) is 23.3 Å². The Morgan fingerprint density at radius 1 is 1.20 bits per heavy atom. The van der Waals surface area contributed by atoms with Crippen LogP contribution < -0.4 is 5.32 Å². The minimum atomic E-state index is -0.528. The van der Waals surface area contributed by atoms with E-state index in [0.29, 0.717) is 6.04 Å². The SMILES string of the molecule is OC1(C2CCCN2)Cc2ccccc2C1. The summed E-state index contributed by atoms with van der Waals surface area (Å²) in [4.78, 5) is 0. The molecule has 1 aromatic rings. The molecule has 80 valence electrons. The molecule has 2 heteroatoms. The van der Waals surface area contributed by atoms with E-state index in [-0.39, 0.29) is 0 Å². The van der Waals surface area contributed by atoms with E-state index in [1.165, 1.54) is 17.5 Å². The molecule has 0 radical (unpaired) electrons. The van der Waals surface area contributed by atoms with Crippen molar-refractivity contribution in [2.75, 3.05) is 6.54 Å². The fraction of sp³-hybridized carbons (Fsp3) is 0.538. The Kier molecular flexibility index (Phi) is 2.08. The second-order valence-corrected chi connectivity index (χ2v) is 4.87. The summed E-state index contributed by atoms with van der Waals surface area (Å²) in [5.41, 5.74) is 2.13. The third kappa shape index (κ3) is 1.48. The van der Waals surface area contributed by atoms with Gasteiger partial charge in [0.2, 0.25) is 0 Å². The molecule has 1 unspecified atom stereocenters. The average molecular weight is 203 g/mol. The Bertz CT molecular complexity index is 344. The van der Waals surface area contributed by atoms with Crippen molar-refractivity contribution < 1.29 is 5.11 Å². The normalized spacial score (nSPS) is 27.9. The Morgan fingerprint density at radius 2 is 1.87 bits per heavy atom. The van der Waals surface area contributed by atoms with Crippen LogP contribution >= 0.6 is 0 Å². The maximum Gasteiger partial charge on any atom is 0.0880 e. The van der Waals surface area contributed by atoms with E-state index in [9.17, 15) is 5.11 Å². The molecule has 0 bridgehead atoms. The number of hydrogen-bond donors (Lipinski definition) is 2. The summed E-state index contributed by atoms with van der Waals surface area (Å²) >= 11 is 0. The van der Waals surface area contributed by atoms with E-state index < -0.39 is 5.60 Å².